The van der Waals surface area contributed by atoms with Crippen molar-refractivity contribution in [3.8, 4) is 5.75 Å². The molecule has 2 aromatic heterocycles. The third kappa shape index (κ3) is 6.38. The number of carbonyl (C=O) groups excluding carboxylic acids is 2. The highest BCUT2D eigenvalue weighted by molar-refractivity contribution is 5.94. The number of anilines is 1. The van der Waals surface area contributed by atoms with Gasteiger partial charge in [-0.2, -0.15) is 13.2 Å². The zero-order chi connectivity index (χ0) is 24.8. The Kier molecular flexibility index (Phi) is 7.00. The van der Waals surface area contributed by atoms with Gasteiger partial charge in [0.15, 0.2) is 6.61 Å². The Labute approximate surface area is 198 Å². The van der Waals surface area contributed by atoms with Crippen molar-refractivity contribution in [1.82, 2.24) is 14.7 Å². The number of benzene rings is 2. The molecule has 10 heteroatoms. The van der Waals surface area contributed by atoms with Gasteiger partial charge < -0.3 is 19.8 Å². The lowest BCUT2D eigenvalue weighted by atomic mass is 10.2. The molecule has 35 heavy (non-hydrogen) atoms. The molecule has 0 bridgehead atoms. The highest BCUT2D eigenvalue weighted by Crippen LogP contribution is 2.30. The van der Waals surface area contributed by atoms with Gasteiger partial charge in [-0.15, -0.1) is 0 Å². The van der Waals surface area contributed by atoms with Crippen molar-refractivity contribution in [1.29, 1.82) is 0 Å². The first kappa shape index (κ1) is 23.8. The minimum atomic E-state index is -4.50. The van der Waals surface area contributed by atoms with Gasteiger partial charge in [-0.1, -0.05) is 12.1 Å². The van der Waals surface area contributed by atoms with Crippen molar-refractivity contribution in [2.24, 2.45) is 0 Å². The molecule has 180 valence electrons. The minimum absolute atomic E-state index is 0.0177. The molecule has 2 N–H and O–H groups in total. The van der Waals surface area contributed by atoms with Crippen molar-refractivity contribution in [3.63, 3.8) is 0 Å². The summed E-state index contributed by atoms with van der Waals surface area (Å²) < 4.78 is 45.6. The predicted molar refractivity (Wildman–Crippen MR) is 123 cm³/mol. The van der Waals surface area contributed by atoms with Crippen LogP contribution in [0, 0.1) is 0 Å². The summed E-state index contributed by atoms with van der Waals surface area (Å²) >= 11 is 0. The number of pyridine rings is 1. The van der Waals surface area contributed by atoms with Crippen LogP contribution in [0.4, 0.5) is 18.9 Å². The molecule has 0 spiro atoms. The Balaban J connectivity index is 1.23. The van der Waals surface area contributed by atoms with Gasteiger partial charge in [-0.3, -0.25) is 9.59 Å². The number of hydrogen-bond donors (Lipinski definition) is 2. The molecular formula is C25H21F3N4O3. The fourth-order valence-electron chi connectivity index (χ4n) is 3.34. The van der Waals surface area contributed by atoms with E-state index in [1.54, 1.807) is 12.1 Å². The average molecular weight is 482 g/mol. The first-order chi connectivity index (χ1) is 16.8. The quantitative estimate of drug-likeness (QED) is 0.391. The van der Waals surface area contributed by atoms with Crippen LogP contribution >= 0.6 is 0 Å². The largest absolute Gasteiger partial charge is 0.484 e. The molecule has 0 atom stereocenters. The van der Waals surface area contributed by atoms with Gasteiger partial charge >= 0.3 is 6.18 Å². The van der Waals surface area contributed by atoms with Crippen molar-refractivity contribution < 1.29 is 27.5 Å². The number of aromatic nitrogens is 2. The third-order valence-corrected chi connectivity index (χ3v) is 5.04. The van der Waals surface area contributed by atoms with E-state index in [4.69, 9.17) is 4.74 Å². The second-order valence-corrected chi connectivity index (χ2v) is 7.64. The summed E-state index contributed by atoms with van der Waals surface area (Å²) in [6.07, 6.45) is -0.102. The zero-order valence-corrected chi connectivity index (χ0v) is 18.4. The molecule has 0 unspecified atom stereocenters. The van der Waals surface area contributed by atoms with Crippen molar-refractivity contribution in [2.75, 3.05) is 18.5 Å². The molecule has 2 heterocycles. The number of halogens is 3. The number of rotatable bonds is 8. The van der Waals surface area contributed by atoms with E-state index in [0.717, 1.165) is 23.5 Å². The fraction of sp³-hybridized carbons (Fsp3) is 0.160. The predicted octanol–water partition coefficient (Wildman–Crippen LogP) is 4.34. The Hall–Kier alpha value is -4.34. The van der Waals surface area contributed by atoms with Crippen LogP contribution < -0.4 is 15.4 Å². The Bertz CT molecular complexity index is 1300. The smallest absolute Gasteiger partial charge is 0.416 e. The molecular weight excluding hydrogens is 461 g/mol. The summed E-state index contributed by atoms with van der Waals surface area (Å²) in [7, 11) is 0. The number of carbonyl (C=O) groups is 2. The van der Waals surface area contributed by atoms with E-state index >= 15 is 0 Å². The molecule has 4 aromatic rings. The van der Waals surface area contributed by atoms with E-state index in [9.17, 15) is 22.8 Å². The lowest BCUT2D eigenvalue weighted by Gasteiger charge is -2.11. The van der Waals surface area contributed by atoms with Crippen LogP contribution in [0.5, 0.6) is 5.75 Å². The number of alkyl halides is 3. The van der Waals surface area contributed by atoms with Crippen molar-refractivity contribution in [2.45, 2.75) is 12.6 Å². The topological polar surface area (TPSA) is 84.7 Å². The maximum absolute atomic E-state index is 12.8. The van der Waals surface area contributed by atoms with E-state index in [0.29, 0.717) is 24.3 Å². The van der Waals surface area contributed by atoms with Gasteiger partial charge in [0.25, 0.3) is 11.8 Å². The normalized spacial score (nSPS) is 11.3. The molecule has 0 saturated heterocycles. The van der Waals surface area contributed by atoms with E-state index in [-0.39, 0.29) is 11.6 Å². The average Bonchev–Trinajstić information content (AvgIpc) is 3.25. The summed E-state index contributed by atoms with van der Waals surface area (Å²) in [5.41, 5.74) is 1.28. The SMILES string of the molecule is O=C(COc1ccc(C(=O)NCCc2cn3ccccc3n2)cc1)Nc1cccc(C(F)(F)F)c1. The molecule has 0 aliphatic rings. The summed E-state index contributed by atoms with van der Waals surface area (Å²) in [6.45, 7) is 0.0114. The lowest BCUT2D eigenvalue weighted by Crippen LogP contribution is -2.25. The van der Waals surface area contributed by atoms with Gasteiger partial charge in [-0.05, 0) is 54.6 Å². The molecule has 0 aliphatic heterocycles. The highest BCUT2D eigenvalue weighted by Gasteiger charge is 2.30. The van der Waals surface area contributed by atoms with Crippen LogP contribution in [0.15, 0.2) is 79.1 Å². The molecule has 0 fully saturated rings. The number of fused-ring (bicyclic) bond motifs is 1. The summed E-state index contributed by atoms with van der Waals surface area (Å²) in [5, 5.41) is 5.20. The van der Waals surface area contributed by atoms with Crippen molar-refractivity contribution >= 4 is 23.1 Å². The molecule has 0 radical (unpaired) electrons. The molecule has 0 saturated carbocycles. The molecule has 2 amide bonds. The Morgan fingerprint density at radius 1 is 1.00 bits per heavy atom. The standard InChI is InChI=1S/C25H21F3N4O3/c26-25(27,28)18-4-3-5-19(14-18)31-23(33)16-35-21-9-7-17(8-10-21)24(34)29-12-11-20-15-32-13-2-1-6-22(32)30-20/h1-10,13-15H,11-12,16H2,(H,29,34)(H,31,33). The number of ether oxygens (including phenoxy) is 1. The molecule has 4 rings (SSSR count). The van der Waals surface area contributed by atoms with Gasteiger partial charge in [0.05, 0.1) is 11.3 Å². The first-order valence-corrected chi connectivity index (χ1v) is 10.7. The van der Waals surface area contributed by atoms with Crippen LogP contribution in [0.1, 0.15) is 21.6 Å². The van der Waals surface area contributed by atoms with Crippen LogP contribution in [-0.4, -0.2) is 34.4 Å². The van der Waals surface area contributed by atoms with Crippen molar-refractivity contribution in [3.05, 3.63) is 95.9 Å². The van der Waals surface area contributed by atoms with E-state index in [1.165, 1.54) is 24.3 Å². The second-order valence-electron chi connectivity index (χ2n) is 7.64. The molecule has 7 nitrogen and oxygen atoms in total. The maximum Gasteiger partial charge on any atom is 0.416 e. The van der Waals surface area contributed by atoms with Crippen LogP contribution in [0.3, 0.4) is 0 Å². The Morgan fingerprint density at radius 3 is 2.54 bits per heavy atom. The van der Waals surface area contributed by atoms with Gasteiger partial charge in [0.2, 0.25) is 0 Å². The van der Waals surface area contributed by atoms with E-state index < -0.39 is 24.3 Å². The summed E-state index contributed by atoms with van der Waals surface area (Å²) in [4.78, 5) is 28.9. The van der Waals surface area contributed by atoms with Crippen LogP contribution in [0.2, 0.25) is 0 Å². The first-order valence-electron chi connectivity index (χ1n) is 10.7. The van der Waals surface area contributed by atoms with Crippen LogP contribution in [-0.2, 0) is 17.4 Å². The summed E-state index contributed by atoms with van der Waals surface area (Å²) in [6, 6.07) is 16.2. The van der Waals surface area contributed by atoms with Gasteiger partial charge in [-0.25, -0.2) is 4.98 Å². The number of imidazole rings is 1. The zero-order valence-electron chi connectivity index (χ0n) is 18.4. The van der Waals surface area contributed by atoms with Crippen LogP contribution in [0.25, 0.3) is 5.65 Å². The lowest BCUT2D eigenvalue weighted by molar-refractivity contribution is -0.137. The monoisotopic (exact) mass is 482 g/mol. The fourth-order valence-corrected chi connectivity index (χ4v) is 3.34. The molecule has 0 aliphatic carbocycles. The number of hydrogen-bond acceptors (Lipinski definition) is 4. The number of amides is 2. The number of nitrogens with one attached hydrogen (secondary N) is 2. The maximum atomic E-state index is 12.8. The minimum Gasteiger partial charge on any atom is -0.484 e. The third-order valence-electron chi connectivity index (χ3n) is 5.04. The van der Waals surface area contributed by atoms with Gasteiger partial charge in [0.1, 0.15) is 11.4 Å². The van der Waals surface area contributed by atoms with Gasteiger partial charge in [0, 0.05) is 36.6 Å². The van der Waals surface area contributed by atoms with E-state index in [2.05, 4.69) is 15.6 Å². The highest BCUT2D eigenvalue weighted by atomic mass is 19.4. The summed E-state index contributed by atoms with van der Waals surface area (Å²) in [5.74, 6) is -0.536. The molecule has 2 aromatic carbocycles. The number of nitrogens with zero attached hydrogens (tertiary/aromatic N) is 2. The van der Waals surface area contributed by atoms with E-state index in [1.807, 2.05) is 35.0 Å². The Morgan fingerprint density at radius 2 is 1.80 bits per heavy atom. The second kappa shape index (κ2) is 10.3.